The fraction of sp³-hybridized carbons (Fsp3) is 0. The Bertz CT molecular complexity index is 747. The minimum atomic E-state index is -3.82. The van der Waals surface area contributed by atoms with Crippen LogP contribution in [0.5, 0.6) is 0 Å². The minimum Gasteiger partial charge on any atom is -0.478 e. The molecule has 20 heavy (non-hydrogen) atoms. The second kappa shape index (κ2) is 5.48. The van der Waals surface area contributed by atoms with E-state index in [2.05, 4.69) is 9.71 Å². The molecule has 0 aliphatic rings. The number of pyridine rings is 1. The van der Waals surface area contributed by atoms with Crippen molar-refractivity contribution in [3.63, 3.8) is 0 Å². The van der Waals surface area contributed by atoms with E-state index in [0.717, 1.165) is 6.07 Å². The molecule has 2 aromatic rings. The van der Waals surface area contributed by atoms with E-state index in [1.807, 2.05) is 0 Å². The predicted octanol–water partition coefficient (Wildman–Crippen LogP) is 2.23. The number of carbonyl (C=O) groups is 1. The molecule has 6 nitrogen and oxygen atoms in total. The molecule has 1 heterocycles. The van der Waals surface area contributed by atoms with Crippen molar-refractivity contribution in [1.82, 2.24) is 4.98 Å². The Morgan fingerprint density at radius 2 is 2.05 bits per heavy atom. The molecule has 0 saturated carbocycles. The lowest BCUT2D eigenvalue weighted by Gasteiger charge is -2.09. The van der Waals surface area contributed by atoms with Crippen molar-refractivity contribution in [3.05, 3.63) is 53.3 Å². The van der Waals surface area contributed by atoms with Gasteiger partial charge in [0.05, 0.1) is 10.6 Å². The van der Waals surface area contributed by atoms with Crippen molar-refractivity contribution in [3.8, 4) is 0 Å². The summed E-state index contributed by atoms with van der Waals surface area (Å²) in [6.45, 7) is 0. The molecule has 0 atom stereocenters. The van der Waals surface area contributed by atoms with E-state index in [0.29, 0.717) is 0 Å². The number of carboxylic acids is 1. The molecule has 1 aromatic heterocycles. The van der Waals surface area contributed by atoms with Crippen LogP contribution >= 0.6 is 11.6 Å². The van der Waals surface area contributed by atoms with E-state index in [1.54, 1.807) is 0 Å². The third kappa shape index (κ3) is 3.06. The third-order valence-corrected chi connectivity index (χ3v) is 4.09. The van der Waals surface area contributed by atoms with Crippen LogP contribution in [-0.2, 0) is 10.0 Å². The first-order chi connectivity index (χ1) is 9.40. The number of aromatic carboxylic acids is 1. The van der Waals surface area contributed by atoms with Gasteiger partial charge >= 0.3 is 5.97 Å². The van der Waals surface area contributed by atoms with Gasteiger partial charge in [-0.1, -0.05) is 11.6 Å². The normalized spacial score (nSPS) is 11.1. The van der Waals surface area contributed by atoms with Gasteiger partial charge in [0.1, 0.15) is 4.90 Å². The van der Waals surface area contributed by atoms with E-state index in [1.165, 1.54) is 36.7 Å². The monoisotopic (exact) mass is 312 g/mol. The van der Waals surface area contributed by atoms with E-state index in [4.69, 9.17) is 16.7 Å². The molecule has 0 amide bonds. The van der Waals surface area contributed by atoms with Gasteiger partial charge in [-0.2, -0.15) is 0 Å². The van der Waals surface area contributed by atoms with Gasteiger partial charge in [-0.05, 0) is 30.3 Å². The quantitative estimate of drug-likeness (QED) is 0.902. The zero-order valence-electron chi connectivity index (χ0n) is 9.95. The highest BCUT2D eigenvalue weighted by Crippen LogP contribution is 2.22. The highest BCUT2D eigenvalue weighted by atomic mass is 35.5. The van der Waals surface area contributed by atoms with Crippen LogP contribution in [0.2, 0.25) is 5.02 Å². The van der Waals surface area contributed by atoms with Crippen LogP contribution < -0.4 is 4.72 Å². The molecule has 104 valence electrons. The van der Waals surface area contributed by atoms with Crippen LogP contribution in [0.15, 0.2) is 47.6 Å². The van der Waals surface area contributed by atoms with Gasteiger partial charge < -0.3 is 5.11 Å². The maximum Gasteiger partial charge on any atom is 0.337 e. The summed E-state index contributed by atoms with van der Waals surface area (Å²) in [4.78, 5) is 14.6. The summed E-state index contributed by atoms with van der Waals surface area (Å²) >= 11 is 5.71. The summed E-state index contributed by atoms with van der Waals surface area (Å²) in [5.74, 6) is -1.24. The Morgan fingerprint density at radius 1 is 1.30 bits per heavy atom. The summed E-state index contributed by atoms with van der Waals surface area (Å²) in [7, 11) is -3.82. The van der Waals surface area contributed by atoms with Crippen molar-refractivity contribution in [1.29, 1.82) is 0 Å². The van der Waals surface area contributed by atoms with E-state index >= 15 is 0 Å². The van der Waals surface area contributed by atoms with Gasteiger partial charge in [0.15, 0.2) is 0 Å². The molecule has 0 saturated heterocycles. The van der Waals surface area contributed by atoms with Gasteiger partial charge in [-0.15, -0.1) is 0 Å². The van der Waals surface area contributed by atoms with Crippen molar-refractivity contribution in [2.24, 2.45) is 0 Å². The molecule has 2 rings (SSSR count). The summed E-state index contributed by atoms with van der Waals surface area (Å²) in [6, 6.07) is 6.70. The number of carboxylic acid groups (broad SMARTS) is 1. The van der Waals surface area contributed by atoms with Crippen LogP contribution in [0.25, 0.3) is 0 Å². The van der Waals surface area contributed by atoms with Crippen LogP contribution in [-0.4, -0.2) is 24.5 Å². The first-order valence-electron chi connectivity index (χ1n) is 5.36. The van der Waals surface area contributed by atoms with Gasteiger partial charge in [-0.25, -0.2) is 13.2 Å². The minimum absolute atomic E-state index is 0.0215. The van der Waals surface area contributed by atoms with E-state index < -0.39 is 16.0 Å². The summed E-state index contributed by atoms with van der Waals surface area (Å²) < 4.78 is 26.3. The molecular weight excluding hydrogens is 304 g/mol. The molecule has 1 aromatic carbocycles. The number of hydrogen-bond donors (Lipinski definition) is 2. The number of hydrogen-bond acceptors (Lipinski definition) is 4. The van der Waals surface area contributed by atoms with Crippen molar-refractivity contribution < 1.29 is 18.3 Å². The average Bonchev–Trinajstić information content (AvgIpc) is 2.41. The van der Waals surface area contributed by atoms with Gasteiger partial charge in [0, 0.05) is 18.1 Å². The summed E-state index contributed by atoms with van der Waals surface area (Å²) in [5, 5.41) is 8.96. The standard InChI is InChI=1S/C12H9ClN2O4S/c13-11-4-3-8(6-10(11)12(16)17)15-20(18,19)9-2-1-5-14-7-9/h1-7,15H,(H,16,17). The number of nitrogens with zero attached hydrogens (tertiary/aromatic N) is 1. The van der Waals surface area contributed by atoms with Crippen molar-refractivity contribution in [2.45, 2.75) is 4.90 Å². The van der Waals surface area contributed by atoms with Crippen LogP contribution in [0.3, 0.4) is 0 Å². The third-order valence-electron chi connectivity index (χ3n) is 2.39. The number of sulfonamides is 1. The lowest BCUT2D eigenvalue weighted by molar-refractivity contribution is 0.0697. The maximum absolute atomic E-state index is 12.0. The van der Waals surface area contributed by atoms with E-state index in [9.17, 15) is 13.2 Å². The topological polar surface area (TPSA) is 96.4 Å². The number of halogens is 1. The van der Waals surface area contributed by atoms with E-state index in [-0.39, 0.29) is 21.2 Å². The Morgan fingerprint density at radius 3 is 2.65 bits per heavy atom. The molecule has 0 aliphatic heterocycles. The number of anilines is 1. The molecule has 0 fully saturated rings. The second-order valence-corrected chi connectivity index (χ2v) is 5.88. The molecule has 0 radical (unpaired) electrons. The maximum atomic E-state index is 12.0. The molecule has 0 unspecified atom stereocenters. The fourth-order valence-corrected chi connectivity index (χ4v) is 2.68. The average molecular weight is 313 g/mol. The Kier molecular flexibility index (Phi) is 3.91. The Labute approximate surface area is 120 Å². The largest absolute Gasteiger partial charge is 0.478 e. The number of aromatic nitrogens is 1. The molecular formula is C12H9ClN2O4S. The van der Waals surface area contributed by atoms with Crippen LogP contribution in [0.1, 0.15) is 10.4 Å². The summed E-state index contributed by atoms with van der Waals surface area (Å²) in [5.41, 5.74) is -0.0753. The number of benzene rings is 1. The Balaban J connectivity index is 2.36. The highest BCUT2D eigenvalue weighted by molar-refractivity contribution is 7.92. The molecule has 8 heteroatoms. The summed E-state index contributed by atoms with van der Waals surface area (Å²) in [6.07, 6.45) is 2.64. The van der Waals surface area contributed by atoms with Crippen molar-refractivity contribution >= 4 is 33.3 Å². The number of nitrogens with one attached hydrogen (secondary N) is 1. The Hall–Kier alpha value is -2.12. The fourth-order valence-electron chi connectivity index (χ4n) is 1.47. The zero-order chi connectivity index (χ0) is 14.8. The molecule has 0 aliphatic carbocycles. The van der Waals surface area contributed by atoms with Crippen LogP contribution in [0, 0.1) is 0 Å². The van der Waals surface area contributed by atoms with Gasteiger partial charge in [-0.3, -0.25) is 9.71 Å². The predicted molar refractivity (Wildman–Crippen MR) is 73.5 cm³/mol. The van der Waals surface area contributed by atoms with Gasteiger partial charge in [0.2, 0.25) is 0 Å². The highest BCUT2D eigenvalue weighted by Gasteiger charge is 2.16. The zero-order valence-corrected chi connectivity index (χ0v) is 11.5. The SMILES string of the molecule is O=C(O)c1cc(NS(=O)(=O)c2cccnc2)ccc1Cl. The first kappa shape index (κ1) is 14.3. The smallest absolute Gasteiger partial charge is 0.337 e. The first-order valence-corrected chi connectivity index (χ1v) is 7.22. The molecule has 2 N–H and O–H groups in total. The van der Waals surface area contributed by atoms with Gasteiger partial charge in [0.25, 0.3) is 10.0 Å². The molecule has 0 bridgehead atoms. The van der Waals surface area contributed by atoms with Crippen LogP contribution in [0.4, 0.5) is 5.69 Å². The lowest BCUT2D eigenvalue weighted by atomic mass is 10.2. The lowest BCUT2D eigenvalue weighted by Crippen LogP contribution is -2.13. The second-order valence-electron chi connectivity index (χ2n) is 3.79. The van der Waals surface area contributed by atoms with Crippen molar-refractivity contribution in [2.75, 3.05) is 4.72 Å². The molecule has 0 spiro atoms. The number of rotatable bonds is 4.